The van der Waals surface area contributed by atoms with Crippen molar-refractivity contribution < 1.29 is 0 Å². The Labute approximate surface area is 93.1 Å². The van der Waals surface area contributed by atoms with Crippen molar-refractivity contribution >= 4 is 34.6 Å². The Morgan fingerprint density at radius 1 is 0.800 bits per heavy atom. The zero-order valence-electron chi connectivity index (χ0n) is 8.44. The zero-order valence-corrected chi connectivity index (χ0v) is 9.26. The molecule has 74 valence electrons. The summed E-state index contributed by atoms with van der Waals surface area (Å²) in [6.07, 6.45) is 0. The molecule has 0 spiro atoms. The highest BCUT2D eigenvalue weighted by atomic mass is 32.1. The molecule has 0 atom stereocenters. The molecule has 1 aromatic heterocycles. The smallest absolute Gasteiger partial charge is 0.0354 e. The molecule has 1 heterocycles. The third-order valence-electron chi connectivity index (χ3n) is 2.16. The second kappa shape index (κ2) is 4.28. The minimum absolute atomic E-state index is 1.04. The minimum atomic E-state index is 1.04. The Kier molecular flexibility index (Phi) is 2.84. The lowest BCUT2D eigenvalue weighted by Crippen LogP contribution is -1.93. The van der Waals surface area contributed by atoms with Crippen LogP contribution in [0.4, 0.5) is 0 Å². The molecule has 0 aliphatic carbocycles. The summed E-state index contributed by atoms with van der Waals surface area (Å²) >= 11 is 1.68. The molecule has 0 N–H and O–H groups in total. The monoisotopic (exact) mass is 212 g/mol. The molecule has 0 aliphatic rings. The summed E-state index contributed by atoms with van der Waals surface area (Å²) in [7, 11) is 0. The number of hydrogen-bond donors (Lipinski definition) is 0. The summed E-state index contributed by atoms with van der Waals surface area (Å²) in [6.45, 7) is 8.05. The van der Waals surface area contributed by atoms with Crippen molar-refractivity contribution in [2.24, 2.45) is 0 Å². The van der Waals surface area contributed by atoms with Crippen LogP contribution >= 0.6 is 11.3 Å². The highest BCUT2D eigenvalue weighted by molar-refractivity contribution is 7.16. The zero-order chi connectivity index (χ0) is 10.7. The average molecular weight is 212 g/mol. The second-order valence-electron chi connectivity index (χ2n) is 3.31. The van der Waals surface area contributed by atoms with Crippen molar-refractivity contribution in [3.63, 3.8) is 0 Å². The normalized spacial score (nSPS) is 9.87. The van der Waals surface area contributed by atoms with Gasteiger partial charge in [-0.25, -0.2) is 0 Å². The van der Waals surface area contributed by atoms with E-state index in [-0.39, 0.29) is 0 Å². The quantitative estimate of drug-likeness (QED) is 0.630. The summed E-state index contributed by atoms with van der Waals surface area (Å²) < 4.78 is 2.26. The highest BCUT2D eigenvalue weighted by Crippen LogP contribution is 2.09. The summed E-state index contributed by atoms with van der Waals surface area (Å²) in [4.78, 5) is 0. The molecule has 0 saturated heterocycles. The summed E-state index contributed by atoms with van der Waals surface area (Å²) in [5, 5.41) is 2.22. The van der Waals surface area contributed by atoms with Gasteiger partial charge in [0.1, 0.15) is 0 Å². The molecule has 0 aliphatic heterocycles. The molecule has 0 unspecified atom stereocenters. The van der Waals surface area contributed by atoms with E-state index in [4.69, 9.17) is 0 Å². The fourth-order valence-electron chi connectivity index (χ4n) is 1.42. The van der Waals surface area contributed by atoms with Crippen LogP contribution in [0.25, 0.3) is 23.2 Å². The van der Waals surface area contributed by atoms with E-state index in [1.54, 1.807) is 11.3 Å². The molecular weight excluding hydrogens is 200 g/mol. The van der Waals surface area contributed by atoms with Gasteiger partial charge in [-0.1, -0.05) is 49.6 Å². The first kappa shape index (κ1) is 9.94. The number of rotatable bonds is 0. The van der Waals surface area contributed by atoms with Gasteiger partial charge in [0.25, 0.3) is 0 Å². The molecule has 0 radical (unpaired) electrons. The van der Waals surface area contributed by atoms with Gasteiger partial charge in [0.15, 0.2) is 0 Å². The Hall–Kier alpha value is -1.60. The van der Waals surface area contributed by atoms with Gasteiger partial charge in [0, 0.05) is 9.23 Å². The lowest BCUT2D eigenvalue weighted by Gasteiger charge is -1.90. The lowest BCUT2D eigenvalue weighted by atomic mass is 10.2. The Balaban J connectivity index is 3.08. The summed E-state index contributed by atoms with van der Waals surface area (Å²) in [6, 6.07) is 16.3. The maximum absolute atomic E-state index is 4.06. The predicted octanol–water partition coefficient (Wildman–Crippen LogP) is 2.85. The Morgan fingerprint density at radius 2 is 1.47 bits per heavy atom. The minimum Gasteiger partial charge on any atom is -0.136 e. The van der Waals surface area contributed by atoms with Gasteiger partial charge in [-0.15, -0.1) is 11.3 Å². The Bertz CT molecular complexity index is 621. The van der Waals surface area contributed by atoms with E-state index in [0.29, 0.717) is 0 Å². The van der Waals surface area contributed by atoms with E-state index >= 15 is 0 Å². The fourth-order valence-corrected chi connectivity index (χ4v) is 2.31. The topological polar surface area (TPSA) is 0 Å². The molecule has 2 aromatic rings. The SMILES string of the molecule is C=c1ccccc(=C)c2ccccc2s1. The van der Waals surface area contributed by atoms with Gasteiger partial charge >= 0.3 is 0 Å². The van der Waals surface area contributed by atoms with Crippen LogP contribution in [0.2, 0.25) is 0 Å². The van der Waals surface area contributed by atoms with Gasteiger partial charge in [-0.05, 0) is 22.7 Å². The standard InChI is InChI=1S/C14H12S/c1-11-7-3-4-8-12(2)15-14-10-6-5-9-13(11)14/h3-10H,1-2H2. The van der Waals surface area contributed by atoms with Crippen molar-refractivity contribution in [2.75, 3.05) is 0 Å². The van der Waals surface area contributed by atoms with Crippen molar-refractivity contribution in [3.8, 4) is 0 Å². The molecular formula is C14H12S. The number of benzene rings is 1. The Morgan fingerprint density at radius 3 is 2.33 bits per heavy atom. The van der Waals surface area contributed by atoms with E-state index < -0.39 is 0 Å². The van der Waals surface area contributed by atoms with Crippen LogP contribution in [0.1, 0.15) is 0 Å². The maximum atomic E-state index is 4.06. The molecule has 0 bridgehead atoms. The molecule has 0 saturated carbocycles. The van der Waals surface area contributed by atoms with Crippen molar-refractivity contribution in [1.29, 1.82) is 0 Å². The van der Waals surface area contributed by atoms with Crippen LogP contribution in [0.3, 0.4) is 0 Å². The largest absolute Gasteiger partial charge is 0.136 e. The van der Waals surface area contributed by atoms with Crippen LogP contribution in [-0.4, -0.2) is 0 Å². The average Bonchev–Trinajstić information content (AvgIpc) is 2.30. The van der Waals surface area contributed by atoms with Crippen LogP contribution < -0.4 is 9.75 Å². The third-order valence-corrected chi connectivity index (χ3v) is 3.14. The molecule has 0 nitrogen and oxygen atoms in total. The fraction of sp³-hybridized carbons (Fsp3) is 0. The van der Waals surface area contributed by atoms with Crippen LogP contribution in [-0.2, 0) is 0 Å². The molecule has 1 heteroatoms. The molecule has 0 fully saturated rings. The van der Waals surface area contributed by atoms with Gasteiger partial charge in [-0.3, -0.25) is 0 Å². The lowest BCUT2D eigenvalue weighted by molar-refractivity contribution is 1.74. The second-order valence-corrected chi connectivity index (χ2v) is 4.48. The highest BCUT2D eigenvalue weighted by Gasteiger charge is 1.88. The van der Waals surface area contributed by atoms with E-state index in [0.717, 1.165) is 9.75 Å². The van der Waals surface area contributed by atoms with E-state index in [1.807, 2.05) is 36.4 Å². The van der Waals surface area contributed by atoms with E-state index in [1.165, 1.54) is 10.1 Å². The number of hydrogen-bond acceptors (Lipinski definition) is 1. The summed E-state index contributed by atoms with van der Waals surface area (Å²) in [5.74, 6) is 0. The number of fused-ring (bicyclic) bond motifs is 1. The first-order valence-corrected chi connectivity index (χ1v) is 5.59. The van der Waals surface area contributed by atoms with Gasteiger partial charge < -0.3 is 0 Å². The molecule has 1 aromatic carbocycles. The third kappa shape index (κ3) is 2.25. The molecule has 0 amide bonds. The van der Waals surface area contributed by atoms with Gasteiger partial charge in [0.05, 0.1) is 0 Å². The first-order valence-electron chi connectivity index (χ1n) is 4.77. The maximum Gasteiger partial charge on any atom is 0.0354 e. The molecule has 2 rings (SSSR count). The first-order chi connectivity index (χ1) is 7.27. The van der Waals surface area contributed by atoms with Crippen molar-refractivity contribution in [3.05, 3.63) is 58.3 Å². The predicted molar refractivity (Wildman–Crippen MR) is 69.7 cm³/mol. The van der Waals surface area contributed by atoms with Crippen LogP contribution in [0, 0.1) is 0 Å². The van der Waals surface area contributed by atoms with E-state index in [2.05, 4.69) is 25.3 Å². The van der Waals surface area contributed by atoms with Crippen LogP contribution in [0.15, 0.2) is 48.5 Å². The van der Waals surface area contributed by atoms with Gasteiger partial charge in [0.2, 0.25) is 0 Å². The molecule has 15 heavy (non-hydrogen) atoms. The van der Waals surface area contributed by atoms with Crippen LogP contribution in [0.5, 0.6) is 0 Å². The van der Waals surface area contributed by atoms with Crippen molar-refractivity contribution in [2.45, 2.75) is 0 Å². The summed E-state index contributed by atoms with van der Waals surface area (Å²) in [5.41, 5.74) is 0. The van der Waals surface area contributed by atoms with Crippen molar-refractivity contribution in [1.82, 2.24) is 0 Å². The van der Waals surface area contributed by atoms with E-state index in [9.17, 15) is 0 Å². The van der Waals surface area contributed by atoms with Gasteiger partial charge in [-0.2, -0.15) is 0 Å².